The van der Waals surface area contributed by atoms with Crippen LogP contribution in [-0.2, 0) is 24.9 Å². The Balaban J connectivity index is 1.23. The number of fused-ring (bicyclic) bond motifs is 2. The number of benzene rings is 2. The van der Waals surface area contributed by atoms with Crippen molar-refractivity contribution in [2.75, 3.05) is 33.4 Å². The van der Waals surface area contributed by atoms with Gasteiger partial charge >= 0.3 is 6.09 Å². The summed E-state index contributed by atoms with van der Waals surface area (Å²) in [5, 5.41) is 3.11. The number of alkyl carbamates (subject to hydrolysis) is 1. The van der Waals surface area contributed by atoms with Crippen LogP contribution in [0.5, 0.6) is 0 Å². The van der Waals surface area contributed by atoms with Crippen LogP contribution in [0.1, 0.15) is 51.0 Å². The molecule has 2 unspecified atom stereocenters. The molecule has 3 fully saturated rings. The van der Waals surface area contributed by atoms with Gasteiger partial charge in [0, 0.05) is 43.6 Å². The molecular weight excluding hydrogens is 514 g/mol. The highest BCUT2D eigenvalue weighted by Crippen LogP contribution is 2.38. The summed E-state index contributed by atoms with van der Waals surface area (Å²) in [7, 11) is -1.92. The van der Waals surface area contributed by atoms with Gasteiger partial charge in [-0.15, -0.1) is 0 Å². The van der Waals surface area contributed by atoms with Crippen molar-refractivity contribution in [3.8, 4) is 0 Å². The van der Waals surface area contributed by atoms with Crippen LogP contribution in [0.3, 0.4) is 0 Å². The van der Waals surface area contributed by atoms with Crippen LogP contribution >= 0.6 is 0 Å². The number of amides is 1. The van der Waals surface area contributed by atoms with Gasteiger partial charge in [-0.1, -0.05) is 55.5 Å². The number of nitrogens with one attached hydrogen (secondary N) is 1. The first-order valence-corrected chi connectivity index (χ1v) is 15.6. The molecule has 212 valence electrons. The van der Waals surface area contributed by atoms with Crippen molar-refractivity contribution >= 4 is 16.1 Å². The van der Waals surface area contributed by atoms with Gasteiger partial charge in [0.15, 0.2) is 0 Å². The zero-order chi connectivity index (χ0) is 27.5. The molecule has 9 heteroatoms. The van der Waals surface area contributed by atoms with E-state index in [0.29, 0.717) is 36.7 Å². The monoisotopic (exact) mass is 555 g/mol. The molecule has 0 aromatic heterocycles. The van der Waals surface area contributed by atoms with Crippen LogP contribution in [0.25, 0.3) is 0 Å². The highest BCUT2D eigenvalue weighted by Gasteiger charge is 2.42. The molecule has 0 radical (unpaired) electrons. The van der Waals surface area contributed by atoms with E-state index in [-0.39, 0.29) is 23.7 Å². The average molecular weight is 556 g/mol. The molecule has 5 rings (SSSR count). The van der Waals surface area contributed by atoms with Crippen molar-refractivity contribution in [1.29, 1.82) is 0 Å². The minimum Gasteiger partial charge on any atom is -0.444 e. The number of piperidine rings is 1. The predicted molar refractivity (Wildman–Crippen MR) is 150 cm³/mol. The highest BCUT2D eigenvalue weighted by molar-refractivity contribution is 7.89. The van der Waals surface area contributed by atoms with E-state index in [2.05, 4.69) is 29.3 Å². The Hall–Kier alpha value is -2.46. The van der Waals surface area contributed by atoms with Crippen LogP contribution in [0.4, 0.5) is 4.79 Å². The third-order valence-electron chi connectivity index (χ3n) is 8.78. The van der Waals surface area contributed by atoms with Gasteiger partial charge in [0.1, 0.15) is 6.10 Å². The molecule has 2 aromatic rings. The van der Waals surface area contributed by atoms with E-state index in [1.165, 1.54) is 4.31 Å². The molecule has 39 heavy (non-hydrogen) atoms. The normalized spacial score (nSPS) is 26.8. The molecule has 3 heterocycles. The summed E-state index contributed by atoms with van der Waals surface area (Å²) in [4.78, 5) is 15.3. The van der Waals surface area contributed by atoms with E-state index < -0.39 is 10.0 Å². The SMILES string of the molecule is CN(C[C@@](C)(CCN1C2CCC1CC(NC(=O)O[C@H]1CCOC1)C2)c1ccccc1)S(=O)(=O)c1ccccc1. The van der Waals surface area contributed by atoms with E-state index in [1.807, 2.05) is 24.3 Å². The second kappa shape index (κ2) is 12.0. The molecule has 1 N–H and O–H groups in total. The molecule has 2 bridgehead atoms. The van der Waals surface area contributed by atoms with Gasteiger partial charge < -0.3 is 14.8 Å². The van der Waals surface area contributed by atoms with Crippen LogP contribution < -0.4 is 5.32 Å². The van der Waals surface area contributed by atoms with Crippen molar-refractivity contribution in [2.45, 2.75) is 80.0 Å². The molecule has 3 aliphatic heterocycles. The molecule has 2 aromatic carbocycles. The fourth-order valence-corrected chi connectivity index (χ4v) is 7.91. The summed E-state index contributed by atoms with van der Waals surface area (Å²) in [5.41, 5.74) is 0.780. The molecule has 1 amide bonds. The van der Waals surface area contributed by atoms with Gasteiger partial charge in [-0.25, -0.2) is 17.5 Å². The van der Waals surface area contributed by atoms with Crippen LogP contribution in [0.2, 0.25) is 0 Å². The minimum atomic E-state index is -3.60. The lowest BCUT2D eigenvalue weighted by atomic mass is 9.79. The number of likely N-dealkylation sites (N-methyl/N-ethyl adjacent to an activating group) is 1. The van der Waals surface area contributed by atoms with Crippen LogP contribution in [-0.4, -0.2) is 81.3 Å². The Kier molecular flexibility index (Phi) is 8.61. The fourth-order valence-electron chi connectivity index (χ4n) is 6.59. The first-order chi connectivity index (χ1) is 18.7. The second-order valence-electron chi connectivity index (χ2n) is 11.6. The Morgan fingerprint density at radius 2 is 1.69 bits per heavy atom. The van der Waals surface area contributed by atoms with E-state index >= 15 is 0 Å². The van der Waals surface area contributed by atoms with Gasteiger partial charge in [0.2, 0.25) is 10.0 Å². The molecule has 4 atom stereocenters. The van der Waals surface area contributed by atoms with Gasteiger partial charge in [-0.2, -0.15) is 0 Å². The van der Waals surface area contributed by atoms with Crippen molar-refractivity contribution < 1.29 is 22.7 Å². The summed E-state index contributed by atoms with van der Waals surface area (Å²) in [5.74, 6) is 0. The quantitative estimate of drug-likeness (QED) is 0.474. The van der Waals surface area contributed by atoms with Gasteiger partial charge in [0.05, 0.1) is 18.1 Å². The summed E-state index contributed by atoms with van der Waals surface area (Å²) < 4.78 is 39.1. The van der Waals surface area contributed by atoms with Crippen LogP contribution in [0.15, 0.2) is 65.6 Å². The zero-order valence-electron chi connectivity index (χ0n) is 23.0. The zero-order valence-corrected chi connectivity index (χ0v) is 23.8. The van der Waals surface area contributed by atoms with E-state index in [4.69, 9.17) is 9.47 Å². The third-order valence-corrected chi connectivity index (χ3v) is 10.6. The fraction of sp³-hybridized carbons (Fsp3) is 0.567. The second-order valence-corrected chi connectivity index (χ2v) is 13.6. The Labute approximate surface area is 232 Å². The number of hydrogen-bond donors (Lipinski definition) is 1. The van der Waals surface area contributed by atoms with Crippen molar-refractivity contribution in [3.05, 3.63) is 66.2 Å². The third kappa shape index (κ3) is 6.48. The summed E-state index contributed by atoms with van der Waals surface area (Å²) in [6, 6.07) is 19.8. The Morgan fingerprint density at radius 1 is 1.05 bits per heavy atom. The topological polar surface area (TPSA) is 88.2 Å². The van der Waals surface area contributed by atoms with Gasteiger partial charge in [0.25, 0.3) is 0 Å². The maximum Gasteiger partial charge on any atom is 0.407 e. The maximum absolute atomic E-state index is 13.4. The standard InChI is InChI=1S/C30H41N3O5S/c1-30(23-9-5-3-6-10-23,22-32(2)39(35,36)28-11-7-4-8-12-28)16-17-33-25-13-14-26(33)20-24(19-25)31-29(34)38-27-15-18-37-21-27/h3-12,24-27H,13-22H2,1-2H3,(H,31,34)/t24?,25?,26?,27-,30+/m0/s1. The van der Waals surface area contributed by atoms with E-state index in [9.17, 15) is 13.2 Å². The van der Waals surface area contributed by atoms with Gasteiger partial charge in [-0.05, 0) is 56.3 Å². The smallest absolute Gasteiger partial charge is 0.407 e. The van der Waals surface area contributed by atoms with E-state index in [0.717, 1.165) is 50.6 Å². The molecule has 0 saturated carbocycles. The lowest BCUT2D eigenvalue weighted by Gasteiger charge is -2.42. The van der Waals surface area contributed by atoms with Gasteiger partial charge in [-0.3, -0.25) is 4.90 Å². The van der Waals surface area contributed by atoms with E-state index in [1.54, 1.807) is 31.3 Å². The number of nitrogens with zero attached hydrogens (tertiary/aromatic N) is 2. The number of carbonyl (C=O) groups is 1. The first-order valence-electron chi connectivity index (χ1n) is 14.1. The molecule has 8 nitrogen and oxygen atoms in total. The number of ether oxygens (including phenoxy) is 2. The summed E-state index contributed by atoms with van der Waals surface area (Å²) in [6.07, 6.45) is 5.20. The number of carbonyl (C=O) groups excluding carboxylic acids is 1. The molecular formula is C30H41N3O5S. The Morgan fingerprint density at radius 3 is 2.31 bits per heavy atom. The number of sulfonamides is 1. The predicted octanol–water partition coefficient (Wildman–Crippen LogP) is 4.17. The lowest BCUT2D eigenvalue weighted by Crippen LogP contribution is -2.52. The highest BCUT2D eigenvalue weighted by atomic mass is 32.2. The molecule has 0 aliphatic carbocycles. The first kappa shape index (κ1) is 28.1. The summed E-state index contributed by atoms with van der Waals surface area (Å²) >= 11 is 0. The molecule has 0 spiro atoms. The van der Waals surface area contributed by atoms with Crippen LogP contribution in [0, 0.1) is 0 Å². The molecule has 3 aliphatic rings. The average Bonchev–Trinajstić information content (AvgIpc) is 3.53. The van der Waals surface area contributed by atoms with Crippen molar-refractivity contribution in [2.24, 2.45) is 0 Å². The Bertz CT molecular complexity index is 1190. The number of hydrogen-bond acceptors (Lipinski definition) is 6. The number of rotatable bonds is 10. The van der Waals surface area contributed by atoms with Crippen molar-refractivity contribution in [1.82, 2.24) is 14.5 Å². The lowest BCUT2D eigenvalue weighted by molar-refractivity contribution is 0.0693. The largest absolute Gasteiger partial charge is 0.444 e. The minimum absolute atomic E-state index is 0.122. The maximum atomic E-state index is 13.4. The summed E-state index contributed by atoms with van der Waals surface area (Å²) in [6.45, 7) is 4.59. The van der Waals surface area contributed by atoms with Crippen molar-refractivity contribution in [3.63, 3.8) is 0 Å². The molecule has 3 saturated heterocycles.